The fourth-order valence-electron chi connectivity index (χ4n) is 6.93. The molecule has 2 aliphatic heterocycles. The van der Waals surface area contributed by atoms with Crippen LogP contribution in [-0.2, 0) is 11.8 Å². The zero-order valence-corrected chi connectivity index (χ0v) is 16.8. The van der Waals surface area contributed by atoms with E-state index in [0.717, 1.165) is 17.4 Å². The van der Waals surface area contributed by atoms with Gasteiger partial charge in [0.1, 0.15) is 6.10 Å². The van der Waals surface area contributed by atoms with Gasteiger partial charge in [-0.2, -0.15) is 0 Å². The lowest BCUT2D eigenvalue weighted by molar-refractivity contribution is -0.103. The van der Waals surface area contributed by atoms with Crippen LogP contribution in [0.2, 0.25) is 0 Å². The molecule has 4 aliphatic rings. The second-order valence-electron chi connectivity index (χ2n) is 9.71. The number of likely N-dealkylation sites (tertiary alicyclic amines) is 1. The topological polar surface area (TPSA) is 21.7 Å². The van der Waals surface area contributed by atoms with Gasteiger partial charge in [-0.1, -0.05) is 33.3 Å². The Hall–Kier alpha value is -1.22. The summed E-state index contributed by atoms with van der Waals surface area (Å²) in [5, 5.41) is 0. The summed E-state index contributed by atoms with van der Waals surface area (Å²) in [6.07, 6.45) is 7.97. The van der Waals surface area contributed by atoms with E-state index in [4.69, 9.17) is 9.47 Å². The molecule has 1 spiro atoms. The number of rotatable bonds is 4. The van der Waals surface area contributed by atoms with Crippen molar-refractivity contribution in [3.63, 3.8) is 0 Å². The van der Waals surface area contributed by atoms with Gasteiger partial charge in [-0.05, 0) is 62.7 Å². The molecule has 5 rings (SSSR count). The van der Waals surface area contributed by atoms with Crippen LogP contribution in [0.1, 0.15) is 64.0 Å². The molecule has 2 bridgehead atoms. The third kappa shape index (κ3) is 1.99. The third-order valence-corrected chi connectivity index (χ3v) is 8.04. The van der Waals surface area contributed by atoms with Gasteiger partial charge in [-0.3, -0.25) is 4.90 Å². The maximum atomic E-state index is 6.79. The second-order valence-corrected chi connectivity index (χ2v) is 9.71. The molecule has 26 heavy (non-hydrogen) atoms. The minimum absolute atomic E-state index is 0.215. The first-order chi connectivity index (χ1) is 12.5. The standard InChI is InChI=1S/C23H33NO2/c1-5-6-12-24-13-11-23-16-9-10-22(2,3)21(23)26-20-18(25-4)8-7-15(19(20)23)14-17(16)24/h7-8,16-17,21H,5-6,9-14H2,1-4H3/t16?,17-,21+,23+/m0/s1. The normalized spacial score (nSPS) is 36.4. The van der Waals surface area contributed by atoms with Gasteiger partial charge < -0.3 is 9.47 Å². The Bertz CT molecular complexity index is 727. The monoisotopic (exact) mass is 355 g/mol. The van der Waals surface area contributed by atoms with E-state index in [9.17, 15) is 0 Å². The van der Waals surface area contributed by atoms with Crippen molar-refractivity contribution < 1.29 is 9.47 Å². The molecule has 2 fully saturated rings. The molecule has 0 aromatic heterocycles. The zero-order valence-electron chi connectivity index (χ0n) is 16.8. The minimum atomic E-state index is 0.215. The van der Waals surface area contributed by atoms with Crippen molar-refractivity contribution in [3.05, 3.63) is 23.3 Å². The smallest absolute Gasteiger partial charge is 0.165 e. The van der Waals surface area contributed by atoms with Gasteiger partial charge in [0.2, 0.25) is 0 Å². The van der Waals surface area contributed by atoms with Crippen LogP contribution in [0.4, 0.5) is 0 Å². The molecule has 142 valence electrons. The maximum absolute atomic E-state index is 6.79. The molecule has 1 saturated heterocycles. The summed E-state index contributed by atoms with van der Waals surface area (Å²) >= 11 is 0. The highest BCUT2D eigenvalue weighted by molar-refractivity contribution is 5.61. The predicted octanol–water partition coefficient (Wildman–Crippen LogP) is 4.56. The Kier molecular flexibility index (Phi) is 3.67. The Morgan fingerprint density at radius 1 is 1.27 bits per heavy atom. The predicted molar refractivity (Wildman–Crippen MR) is 104 cm³/mol. The van der Waals surface area contributed by atoms with E-state index in [1.54, 1.807) is 7.11 Å². The van der Waals surface area contributed by atoms with Gasteiger partial charge in [0.25, 0.3) is 0 Å². The van der Waals surface area contributed by atoms with Crippen LogP contribution in [-0.4, -0.2) is 37.2 Å². The van der Waals surface area contributed by atoms with Crippen LogP contribution < -0.4 is 9.47 Å². The van der Waals surface area contributed by atoms with Crippen molar-refractivity contribution in [2.24, 2.45) is 11.3 Å². The first-order valence-corrected chi connectivity index (χ1v) is 10.6. The summed E-state index contributed by atoms with van der Waals surface area (Å²) in [7, 11) is 1.78. The van der Waals surface area contributed by atoms with Crippen LogP contribution in [0.5, 0.6) is 11.5 Å². The highest BCUT2D eigenvalue weighted by Gasteiger charge is 2.67. The van der Waals surface area contributed by atoms with Gasteiger partial charge in [0.15, 0.2) is 11.5 Å². The molecule has 0 radical (unpaired) electrons. The number of hydrogen-bond donors (Lipinski definition) is 0. The lowest BCUT2D eigenvalue weighted by Gasteiger charge is -2.61. The molecular weight excluding hydrogens is 322 g/mol. The number of hydrogen-bond acceptors (Lipinski definition) is 3. The summed E-state index contributed by atoms with van der Waals surface area (Å²) in [6.45, 7) is 9.65. The number of ether oxygens (including phenoxy) is 2. The van der Waals surface area contributed by atoms with Crippen LogP contribution >= 0.6 is 0 Å². The number of methoxy groups -OCH3 is 1. The van der Waals surface area contributed by atoms with Crippen LogP contribution in [0.25, 0.3) is 0 Å². The molecule has 4 atom stereocenters. The number of benzene rings is 1. The lowest BCUT2D eigenvalue weighted by atomic mass is 9.47. The largest absolute Gasteiger partial charge is 0.493 e. The van der Waals surface area contributed by atoms with E-state index in [-0.39, 0.29) is 10.8 Å². The molecule has 1 aromatic carbocycles. The highest BCUT2D eigenvalue weighted by Crippen LogP contribution is 2.67. The van der Waals surface area contributed by atoms with Gasteiger partial charge in [-0.15, -0.1) is 0 Å². The van der Waals surface area contributed by atoms with Crippen LogP contribution in [0.15, 0.2) is 12.1 Å². The zero-order chi connectivity index (χ0) is 18.1. The van der Waals surface area contributed by atoms with E-state index < -0.39 is 0 Å². The molecule has 0 amide bonds. The highest BCUT2D eigenvalue weighted by atomic mass is 16.5. The first-order valence-electron chi connectivity index (χ1n) is 10.6. The molecule has 2 heterocycles. The van der Waals surface area contributed by atoms with Crippen molar-refractivity contribution >= 4 is 0 Å². The quantitative estimate of drug-likeness (QED) is 0.790. The third-order valence-electron chi connectivity index (χ3n) is 8.04. The molecule has 1 unspecified atom stereocenters. The van der Waals surface area contributed by atoms with E-state index in [2.05, 4.69) is 37.8 Å². The van der Waals surface area contributed by atoms with Crippen molar-refractivity contribution in [2.75, 3.05) is 20.2 Å². The Balaban J connectivity index is 1.67. The molecular formula is C23H33NO2. The van der Waals surface area contributed by atoms with Crippen molar-refractivity contribution in [2.45, 2.75) is 76.9 Å². The average molecular weight is 356 g/mol. The molecule has 3 nitrogen and oxygen atoms in total. The summed E-state index contributed by atoms with van der Waals surface area (Å²) in [5.41, 5.74) is 3.51. The van der Waals surface area contributed by atoms with Crippen LogP contribution in [0, 0.1) is 11.3 Å². The SMILES string of the molecule is CCCCN1CC[C@@]23c4c5ccc(OC)c4O[C@@H]2C(C)(C)CCC3[C@@H]1C5. The maximum Gasteiger partial charge on any atom is 0.165 e. The number of unbranched alkanes of at least 4 members (excludes halogenated alkanes) is 1. The van der Waals surface area contributed by atoms with E-state index in [0.29, 0.717) is 12.1 Å². The molecule has 2 aliphatic carbocycles. The van der Waals surface area contributed by atoms with Crippen molar-refractivity contribution in [1.82, 2.24) is 4.90 Å². The molecule has 0 N–H and O–H groups in total. The minimum Gasteiger partial charge on any atom is -0.493 e. The summed E-state index contributed by atoms with van der Waals surface area (Å²) < 4.78 is 12.5. The fourth-order valence-corrected chi connectivity index (χ4v) is 6.93. The summed E-state index contributed by atoms with van der Waals surface area (Å²) in [4.78, 5) is 2.82. The van der Waals surface area contributed by atoms with Crippen LogP contribution in [0.3, 0.4) is 0 Å². The Morgan fingerprint density at radius 2 is 2.12 bits per heavy atom. The summed E-state index contributed by atoms with van der Waals surface area (Å²) in [6, 6.07) is 5.17. The first kappa shape index (κ1) is 16.9. The summed E-state index contributed by atoms with van der Waals surface area (Å²) in [5.74, 6) is 2.76. The lowest BCUT2D eigenvalue weighted by Crippen LogP contribution is -2.67. The van der Waals surface area contributed by atoms with Crippen molar-refractivity contribution in [3.8, 4) is 11.5 Å². The number of nitrogens with zero attached hydrogens (tertiary/aromatic N) is 1. The molecule has 1 saturated carbocycles. The van der Waals surface area contributed by atoms with Crippen molar-refractivity contribution in [1.29, 1.82) is 0 Å². The average Bonchev–Trinajstić information content (AvgIpc) is 2.98. The van der Waals surface area contributed by atoms with Gasteiger partial charge in [-0.25, -0.2) is 0 Å². The van der Waals surface area contributed by atoms with Gasteiger partial charge >= 0.3 is 0 Å². The second kappa shape index (κ2) is 5.64. The molecule has 3 heteroatoms. The van der Waals surface area contributed by atoms with E-state index >= 15 is 0 Å². The van der Waals surface area contributed by atoms with Gasteiger partial charge in [0.05, 0.1) is 7.11 Å². The number of piperidine rings is 1. The van der Waals surface area contributed by atoms with E-state index in [1.807, 2.05) is 0 Å². The molecule has 1 aromatic rings. The van der Waals surface area contributed by atoms with Gasteiger partial charge in [0, 0.05) is 22.4 Å². The Morgan fingerprint density at radius 3 is 2.88 bits per heavy atom. The van der Waals surface area contributed by atoms with E-state index in [1.165, 1.54) is 62.7 Å². The Labute approximate surface area is 158 Å². The fraction of sp³-hybridized carbons (Fsp3) is 0.739.